The van der Waals surface area contributed by atoms with Crippen molar-refractivity contribution >= 4 is 49.2 Å². The zero-order chi connectivity index (χ0) is 28.0. The number of rotatable bonds is 12. The van der Waals surface area contributed by atoms with Crippen LogP contribution in [-0.2, 0) is 14.4 Å². The van der Waals surface area contributed by atoms with E-state index >= 15 is 0 Å². The fourth-order valence-corrected chi connectivity index (χ4v) is 5.07. The molecule has 38 heavy (non-hydrogen) atoms. The van der Waals surface area contributed by atoms with Crippen LogP contribution in [0.4, 0.5) is 10.1 Å². The van der Waals surface area contributed by atoms with Crippen molar-refractivity contribution in [1.82, 2.24) is 15.2 Å². The van der Waals surface area contributed by atoms with E-state index in [2.05, 4.69) is 29.0 Å². The van der Waals surface area contributed by atoms with E-state index in [4.69, 9.17) is 0 Å². The van der Waals surface area contributed by atoms with Gasteiger partial charge in [0.2, 0.25) is 5.91 Å². The van der Waals surface area contributed by atoms with Crippen LogP contribution < -0.4 is 10.2 Å². The summed E-state index contributed by atoms with van der Waals surface area (Å²) in [4.78, 5) is 57.4. The van der Waals surface area contributed by atoms with Gasteiger partial charge in [0.15, 0.2) is 5.52 Å². The molecule has 1 unspecified atom stereocenters. The van der Waals surface area contributed by atoms with Gasteiger partial charge < -0.3 is 15.2 Å². The first-order valence-corrected chi connectivity index (χ1v) is 14.4. The highest BCUT2D eigenvalue weighted by Crippen LogP contribution is 2.39. The summed E-state index contributed by atoms with van der Waals surface area (Å²) in [7, 11) is 0.166. The monoisotopic (exact) mass is 542 g/mol. The molecule has 0 saturated heterocycles. The maximum atomic E-state index is 14.2. The second-order valence-electron chi connectivity index (χ2n) is 9.23. The van der Waals surface area contributed by atoms with Gasteiger partial charge in [-0.1, -0.05) is 22.4 Å². The quantitative estimate of drug-likeness (QED) is 0.308. The summed E-state index contributed by atoms with van der Waals surface area (Å²) in [6.07, 6.45) is 2.23. The van der Waals surface area contributed by atoms with Crippen LogP contribution in [-0.4, -0.2) is 66.0 Å². The number of imide groups is 1. The largest absolute Gasteiger partial charge is 0.358 e. The van der Waals surface area contributed by atoms with Crippen molar-refractivity contribution in [2.75, 3.05) is 37.7 Å². The van der Waals surface area contributed by atoms with Gasteiger partial charge in [-0.15, -0.1) is 0 Å². The number of carbonyl (C=O) groups is 4. The van der Waals surface area contributed by atoms with Crippen molar-refractivity contribution in [3.05, 3.63) is 52.1 Å². The number of benzene rings is 1. The van der Waals surface area contributed by atoms with E-state index in [1.807, 2.05) is 0 Å². The van der Waals surface area contributed by atoms with Gasteiger partial charge in [0.25, 0.3) is 11.8 Å². The Balaban J connectivity index is 1.87. The first kappa shape index (κ1) is 29.4. The Hall–Kier alpha value is -3.16. The lowest BCUT2D eigenvalue weighted by Crippen LogP contribution is -2.35. The molecule has 1 atom stereocenters. The Morgan fingerprint density at radius 3 is 2.53 bits per heavy atom. The Morgan fingerprint density at radius 2 is 1.87 bits per heavy atom. The third kappa shape index (κ3) is 6.45. The summed E-state index contributed by atoms with van der Waals surface area (Å²) in [6, 6.07) is 3.86. The van der Waals surface area contributed by atoms with Crippen LogP contribution in [0.25, 0.3) is 11.6 Å². The second kappa shape index (κ2) is 13.1. The maximum absolute atomic E-state index is 14.2. The lowest BCUT2D eigenvalue weighted by atomic mass is 10.0. The number of aromatic nitrogens is 1. The van der Waals surface area contributed by atoms with Crippen LogP contribution in [0.1, 0.15) is 66.0 Å². The summed E-state index contributed by atoms with van der Waals surface area (Å²) in [5.74, 6) is -1.74. The highest BCUT2D eigenvalue weighted by atomic mass is 31.1. The minimum atomic E-state index is -0.559. The van der Waals surface area contributed by atoms with Crippen molar-refractivity contribution in [2.45, 2.75) is 47.0 Å². The van der Waals surface area contributed by atoms with Crippen molar-refractivity contribution in [1.29, 1.82) is 0 Å². The number of aryl methyl sites for hydroxylation is 1. The number of likely N-dealkylation sites (N-methyl/N-ethyl adjacent to an activating group) is 1. The summed E-state index contributed by atoms with van der Waals surface area (Å²) in [6.45, 7) is 12.6. The fraction of sp³-hybridized carbons (Fsp3) is 0.429. The maximum Gasteiger partial charge on any atom is 0.265 e. The number of hydrogen-bond acceptors (Lipinski definition) is 5. The number of nitrogens with zero attached hydrogens (tertiary/aromatic N) is 2. The molecule has 2 N–H and O–H groups in total. The summed E-state index contributed by atoms with van der Waals surface area (Å²) < 4.78 is 14.2. The zero-order valence-electron chi connectivity index (χ0n) is 22.7. The van der Waals surface area contributed by atoms with Crippen LogP contribution in [0.15, 0.2) is 18.2 Å². The third-order valence-electron chi connectivity index (χ3n) is 6.85. The van der Waals surface area contributed by atoms with Crippen LogP contribution in [0, 0.1) is 19.7 Å². The molecular formula is C28H36FN4O4P. The average Bonchev–Trinajstić information content (AvgIpc) is 3.32. The molecular weight excluding hydrogens is 506 g/mol. The van der Waals surface area contributed by atoms with E-state index in [1.165, 1.54) is 18.2 Å². The molecule has 1 aliphatic heterocycles. The van der Waals surface area contributed by atoms with Crippen molar-refractivity contribution in [2.24, 2.45) is 0 Å². The van der Waals surface area contributed by atoms with E-state index in [-0.39, 0.29) is 38.4 Å². The van der Waals surface area contributed by atoms with E-state index in [0.717, 1.165) is 24.5 Å². The number of amides is 3. The first-order valence-electron chi connectivity index (χ1n) is 12.9. The Labute approximate surface area is 224 Å². The predicted molar refractivity (Wildman–Crippen MR) is 150 cm³/mol. The fourth-order valence-electron chi connectivity index (χ4n) is 4.65. The molecule has 1 aromatic heterocycles. The number of fused-ring (bicyclic) bond motifs is 1. The van der Waals surface area contributed by atoms with Crippen molar-refractivity contribution in [3.63, 3.8) is 0 Å². The van der Waals surface area contributed by atoms with Crippen LogP contribution in [0.5, 0.6) is 0 Å². The zero-order valence-corrected chi connectivity index (χ0v) is 23.7. The summed E-state index contributed by atoms with van der Waals surface area (Å²) >= 11 is 0. The molecule has 8 nitrogen and oxygen atoms in total. The number of hydrogen-bond donors (Lipinski definition) is 2. The SMILES string of the molecule is CCN(CC)CCNC(=O)c1c(C)[nH]c(/C=C2\C(=O)N(C(=O)CCCC(=O)PC)c3ccc(F)cc32)c1C. The van der Waals surface area contributed by atoms with E-state index in [1.54, 1.807) is 26.6 Å². The number of carbonyl (C=O) groups excluding carboxylic acids is 4. The molecule has 0 radical (unpaired) electrons. The minimum Gasteiger partial charge on any atom is -0.358 e. The number of H-pyrrole nitrogens is 1. The number of nitrogens with one attached hydrogen (secondary N) is 2. The van der Waals surface area contributed by atoms with Gasteiger partial charge in [0.1, 0.15) is 5.82 Å². The van der Waals surface area contributed by atoms with Gasteiger partial charge in [-0.3, -0.25) is 19.2 Å². The lowest BCUT2D eigenvalue weighted by Gasteiger charge is -2.18. The average molecular weight is 543 g/mol. The van der Waals surface area contributed by atoms with Crippen LogP contribution in [0.2, 0.25) is 0 Å². The standard InChI is InChI=1S/C28H36FN4O4P/c1-6-32(7-2)14-13-30-27(36)26-17(3)22(31-18(26)4)16-21-20-15-19(29)11-12-23(20)33(28(21)37)24(34)9-8-10-25(35)38-5/h11-12,15-16,31,38H,6-10,13-14H2,1-5H3,(H,30,36)/b21-16-. The van der Waals surface area contributed by atoms with Gasteiger partial charge in [0, 0.05) is 42.9 Å². The lowest BCUT2D eigenvalue weighted by molar-refractivity contribution is -0.123. The van der Waals surface area contributed by atoms with E-state index < -0.39 is 17.6 Å². The second-order valence-corrected chi connectivity index (χ2v) is 10.3. The van der Waals surface area contributed by atoms with Gasteiger partial charge in [-0.2, -0.15) is 0 Å². The van der Waals surface area contributed by atoms with Crippen LogP contribution >= 0.6 is 8.58 Å². The Morgan fingerprint density at radius 1 is 1.16 bits per heavy atom. The molecule has 204 valence electrons. The molecule has 10 heteroatoms. The van der Waals surface area contributed by atoms with Crippen molar-refractivity contribution < 1.29 is 23.6 Å². The summed E-state index contributed by atoms with van der Waals surface area (Å²) in [5.41, 5.74) is 3.21. The highest BCUT2D eigenvalue weighted by molar-refractivity contribution is 7.57. The third-order valence-corrected chi connectivity index (χ3v) is 7.65. The molecule has 0 saturated carbocycles. The summed E-state index contributed by atoms with van der Waals surface area (Å²) in [5, 5.41) is 2.96. The normalized spacial score (nSPS) is 14.2. The molecule has 3 rings (SSSR count). The molecule has 2 aromatic rings. The van der Waals surface area contributed by atoms with Gasteiger partial charge >= 0.3 is 0 Å². The molecule has 1 aliphatic rings. The first-order chi connectivity index (χ1) is 18.1. The van der Waals surface area contributed by atoms with Gasteiger partial charge in [0.05, 0.1) is 16.8 Å². The van der Waals surface area contributed by atoms with Gasteiger partial charge in [-0.05, 0) is 69.9 Å². The number of halogens is 1. The van der Waals surface area contributed by atoms with Crippen molar-refractivity contribution in [3.8, 4) is 0 Å². The van der Waals surface area contributed by atoms with E-state index in [0.29, 0.717) is 46.7 Å². The Kier molecular flexibility index (Phi) is 10.1. The topological polar surface area (TPSA) is 103 Å². The highest BCUT2D eigenvalue weighted by Gasteiger charge is 2.37. The van der Waals surface area contributed by atoms with E-state index in [9.17, 15) is 23.6 Å². The Bertz CT molecular complexity index is 1270. The number of aromatic amines is 1. The minimum absolute atomic E-state index is 0.0322. The van der Waals surface area contributed by atoms with Gasteiger partial charge in [-0.25, -0.2) is 9.29 Å². The van der Waals surface area contributed by atoms with Crippen LogP contribution in [0.3, 0.4) is 0 Å². The smallest absolute Gasteiger partial charge is 0.265 e. The predicted octanol–water partition coefficient (Wildman–Crippen LogP) is 4.26. The molecule has 3 amide bonds. The molecule has 1 aromatic carbocycles. The molecule has 0 fully saturated rings. The molecule has 0 aliphatic carbocycles. The molecule has 0 bridgehead atoms. The molecule has 0 spiro atoms. The number of anilines is 1. The molecule has 2 heterocycles.